The lowest BCUT2D eigenvalue weighted by molar-refractivity contribution is 0.102. The number of hydrogen-bond donors (Lipinski definition) is 2. The highest BCUT2D eigenvalue weighted by atomic mass is 16.6. The number of fused-ring (bicyclic) bond motifs is 1. The minimum Gasteiger partial charge on any atom is -0.467 e. The number of H-pyrrole nitrogens is 1. The smallest absolute Gasteiger partial charge is 0.305 e. The number of aromatic nitrogens is 4. The second-order valence-corrected chi connectivity index (χ2v) is 7.06. The number of carbonyl (C=O) groups excluding carboxylic acids is 1. The Labute approximate surface area is 172 Å². The van der Waals surface area contributed by atoms with E-state index in [0.717, 1.165) is 29.9 Å². The molecular formula is C21H20N6O3. The second-order valence-electron chi connectivity index (χ2n) is 7.06. The largest absolute Gasteiger partial charge is 0.467 e. The number of nitrogens with zero attached hydrogens (tertiary/aromatic N) is 4. The van der Waals surface area contributed by atoms with Gasteiger partial charge in [0.25, 0.3) is 11.8 Å². The van der Waals surface area contributed by atoms with Crippen LogP contribution < -0.4 is 15.0 Å². The van der Waals surface area contributed by atoms with Crippen molar-refractivity contribution >= 4 is 28.4 Å². The number of benzene rings is 1. The number of aromatic amines is 1. The number of amides is 1. The van der Waals surface area contributed by atoms with Crippen molar-refractivity contribution in [2.45, 2.75) is 12.8 Å². The van der Waals surface area contributed by atoms with Crippen molar-refractivity contribution in [1.29, 1.82) is 0 Å². The SMILES string of the molecule is COc1cnc(-c2nc3ccc(NC(=O)c4ccc(N5CCCC5)nc4)cc3[nH]2)o1. The predicted molar refractivity (Wildman–Crippen MR) is 112 cm³/mol. The molecule has 4 heterocycles. The van der Waals surface area contributed by atoms with E-state index in [1.807, 2.05) is 18.2 Å². The number of rotatable bonds is 5. The van der Waals surface area contributed by atoms with E-state index in [0.29, 0.717) is 28.9 Å². The van der Waals surface area contributed by atoms with Gasteiger partial charge in [-0.15, -0.1) is 0 Å². The molecule has 0 radical (unpaired) electrons. The summed E-state index contributed by atoms with van der Waals surface area (Å²) in [4.78, 5) is 31.0. The Hall–Kier alpha value is -3.88. The molecule has 1 aromatic carbocycles. The van der Waals surface area contributed by atoms with Crippen LogP contribution in [0.3, 0.4) is 0 Å². The number of imidazole rings is 1. The molecule has 1 aliphatic rings. The molecular weight excluding hydrogens is 384 g/mol. The van der Waals surface area contributed by atoms with Crippen molar-refractivity contribution in [3.8, 4) is 17.7 Å². The Morgan fingerprint density at radius 2 is 2.03 bits per heavy atom. The van der Waals surface area contributed by atoms with Crippen LogP contribution in [0.15, 0.2) is 47.1 Å². The normalized spacial score (nSPS) is 13.7. The summed E-state index contributed by atoms with van der Waals surface area (Å²) in [5.41, 5.74) is 2.64. The number of oxazole rings is 1. The number of carbonyl (C=O) groups is 1. The summed E-state index contributed by atoms with van der Waals surface area (Å²) in [6.07, 6.45) is 5.47. The monoisotopic (exact) mass is 404 g/mol. The Morgan fingerprint density at radius 1 is 1.17 bits per heavy atom. The summed E-state index contributed by atoms with van der Waals surface area (Å²) in [5.74, 6) is 1.82. The summed E-state index contributed by atoms with van der Waals surface area (Å²) >= 11 is 0. The molecule has 1 saturated heterocycles. The average Bonchev–Trinajstić information content (AvgIpc) is 3.53. The highest BCUT2D eigenvalue weighted by Gasteiger charge is 2.15. The second kappa shape index (κ2) is 7.51. The maximum Gasteiger partial charge on any atom is 0.305 e. The fourth-order valence-corrected chi connectivity index (χ4v) is 3.51. The van der Waals surface area contributed by atoms with E-state index in [4.69, 9.17) is 9.15 Å². The van der Waals surface area contributed by atoms with Gasteiger partial charge in [0.2, 0.25) is 0 Å². The van der Waals surface area contributed by atoms with Gasteiger partial charge in [0, 0.05) is 25.0 Å². The molecule has 3 aromatic heterocycles. The average molecular weight is 404 g/mol. The van der Waals surface area contributed by atoms with E-state index in [-0.39, 0.29) is 5.91 Å². The number of nitrogens with one attached hydrogen (secondary N) is 2. The maximum absolute atomic E-state index is 12.6. The van der Waals surface area contributed by atoms with Gasteiger partial charge in [0.1, 0.15) is 12.0 Å². The zero-order chi connectivity index (χ0) is 20.5. The van der Waals surface area contributed by atoms with Crippen LogP contribution in [0, 0.1) is 0 Å². The van der Waals surface area contributed by atoms with Crippen molar-refractivity contribution in [3.05, 3.63) is 48.3 Å². The van der Waals surface area contributed by atoms with E-state index in [2.05, 4.69) is 30.2 Å². The van der Waals surface area contributed by atoms with E-state index in [1.54, 1.807) is 18.3 Å². The van der Waals surface area contributed by atoms with Crippen molar-refractivity contribution in [3.63, 3.8) is 0 Å². The molecule has 30 heavy (non-hydrogen) atoms. The lowest BCUT2D eigenvalue weighted by atomic mass is 10.2. The molecule has 0 unspecified atom stereocenters. The molecule has 1 aliphatic heterocycles. The van der Waals surface area contributed by atoms with Gasteiger partial charge in [-0.1, -0.05) is 0 Å². The Balaban J connectivity index is 1.32. The molecule has 1 amide bonds. The molecule has 0 atom stereocenters. The Bertz CT molecular complexity index is 1190. The van der Waals surface area contributed by atoms with Gasteiger partial charge >= 0.3 is 5.95 Å². The zero-order valence-electron chi connectivity index (χ0n) is 16.4. The van der Waals surface area contributed by atoms with Gasteiger partial charge < -0.3 is 24.4 Å². The molecule has 0 aliphatic carbocycles. The first-order valence-corrected chi connectivity index (χ1v) is 9.72. The minimum absolute atomic E-state index is 0.216. The molecule has 1 fully saturated rings. The van der Waals surface area contributed by atoms with Crippen LogP contribution >= 0.6 is 0 Å². The highest BCUT2D eigenvalue weighted by Crippen LogP contribution is 2.25. The van der Waals surface area contributed by atoms with Crippen LogP contribution in [0.2, 0.25) is 0 Å². The Morgan fingerprint density at radius 3 is 2.77 bits per heavy atom. The third kappa shape index (κ3) is 3.45. The highest BCUT2D eigenvalue weighted by molar-refractivity contribution is 6.04. The van der Waals surface area contributed by atoms with Crippen molar-refractivity contribution in [1.82, 2.24) is 19.9 Å². The summed E-state index contributed by atoms with van der Waals surface area (Å²) in [6.45, 7) is 2.04. The van der Waals surface area contributed by atoms with E-state index in [1.165, 1.54) is 26.1 Å². The third-order valence-corrected chi connectivity index (χ3v) is 5.07. The summed E-state index contributed by atoms with van der Waals surface area (Å²) in [5, 5.41) is 2.90. The van der Waals surface area contributed by atoms with Gasteiger partial charge in [0.05, 0.1) is 23.7 Å². The fraction of sp³-hybridized carbons (Fsp3) is 0.238. The van der Waals surface area contributed by atoms with Crippen LogP contribution in [0.5, 0.6) is 5.95 Å². The van der Waals surface area contributed by atoms with E-state index < -0.39 is 0 Å². The first kappa shape index (κ1) is 18.2. The predicted octanol–water partition coefficient (Wildman–Crippen LogP) is 3.47. The number of methoxy groups -OCH3 is 1. The summed E-state index contributed by atoms with van der Waals surface area (Å²) < 4.78 is 10.4. The zero-order valence-corrected chi connectivity index (χ0v) is 16.4. The first-order valence-electron chi connectivity index (χ1n) is 9.72. The molecule has 0 saturated carbocycles. The quantitative estimate of drug-likeness (QED) is 0.524. The van der Waals surface area contributed by atoms with Gasteiger partial charge in [-0.05, 0) is 43.2 Å². The van der Waals surface area contributed by atoms with Crippen LogP contribution in [0.4, 0.5) is 11.5 Å². The number of ether oxygens (including phenoxy) is 1. The minimum atomic E-state index is -0.216. The topological polar surface area (TPSA) is 109 Å². The Kier molecular flexibility index (Phi) is 4.55. The van der Waals surface area contributed by atoms with E-state index >= 15 is 0 Å². The van der Waals surface area contributed by atoms with Crippen molar-refractivity contribution < 1.29 is 13.9 Å². The lowest BCUT2D eigenvalue weighted by Gasteiger charge is -2.16. The molecule has 5 rings (SSSR count). The molecule has 0 bridgehead atoms. The first-order chi connectivity index (χ1) is 14.7. The van der Waals surface area contributed by atoms with Gasteiger partial charge in [-0.3, -0.25) is 4.79 Å². The summed E-state index contributed by atoms with van der Waals surface area (Å²) in [6, 6.07) is 9.14. The van der Waals surface area contributed by atoms with Crippen LogP contribution in [-0.4, -0.2) is 46.0 Å². The molecule has 152 valence electrons. The lowest BCUT2D eigenvalue weighted by Crippen LogP contribution is -2.19. The molecule has 0 spiro atoms. The van der Waals surface area contributed by atoms with Crippen molar-refractivity contribution in [2.24, 2.45) is 0 Å². The molecule has 9 nitrogen and oxygen atoms in total. The molecule has 9 heteroatoms. The van der Waals surface area contributed by atoms with Crippen molar-refractivity contribution in [2.75, 3.05) is 30.4 Å². The standard InChI is InChI=1S/C21H20N6O3/c1-29-18-12-23-21(30-18)19-25-15-6-5-14(10-16(15)26-19)24-20(28)13-4-7-17(22-11-13)27-8-2-3-9-27/h4-7,10-12H,2-3,8-9H2,1H3,(H,24,28)(H,25,26). The molecule has 4 aromatic rings. The molecule has 2 N–H and O–H groups in total. The van der Waals surface area contributed by atoms with Gasteiger partial charge in [0.15, 0.2) is 5.82 Å². The van der Waals surface area contributed by atoms with Crippen LogP contribution in [0.1, 0.15) is 23.2 Å². The third-order valence-electron chi connectivity index (χ3n) is 5.07. The van der Waals surface area contributed by atoms with Gasteiger partial charge in [-0.2, -0.15) is 0 Å². The van der Waals surface area contributed by atoms with Crippen LogP contribution in [-0.2, 0) is 0 Å². The van der Waals surface area contributed by atoms with Crippen LogP contribution in [0.25, 0.3) is 22.7 Å². The number of hydrogen-bond acceptors (Lipinski definition) is 7. The number of pyridine rings is 1. The summed E-state index contributed by atoms with van der Waals surface area (Å²) in [7, 11) is 1.51. The fourth-order valence-electron chi connectivity index (χ4n) is 3.51. The van der Waals surface area contributed by atoms with E-state index in [9.17, 15) is 4.79 Å². The van der Waals surface area contributed by atoms with Gasteiger partial charge in [-0.25, -0.2) is 15.0 Å². The maximum atomic E-state index is 12.6. The number of anilines is 2.